The van der Waals surface area contributed by atoms with E-state index in [1.165, 1.54) is 30.7 Å². The van der Waals surface area contributed by atoms with Gasteiger partial charge in [0, 0.05) is 12.3 Å². The summed E-state index contributed by atoms with van der Waals surface area (Å²) in [6.45, 7) is 0. The van der Waals surface area contributed by atoms with Crippen LogP contribution in [-0.2, 0) is 0 Å². The van der Waals surface area contributed by atoms with Gasteiger partial charge in [0.25, 0.3) is 5.69 Å². The molecule has 0 spiro atoms. The third-order valence-corrected chi connectivity index (χ3v) is 2.88. The Morgan fingerprint density at radius 2 is 2.10 bits per heavy atom. The molecule has 0 unspecified atom stereocenters. The molecule has 3 aromatic rings. The number of hydrogen-bond donors (Lipinski definition) is 0. The fourth-order valence-electron chi connectivity index (χ4n) is 1.86. The molecule has 0 amide bonds. The maximum absolute atomic E-state index is 11.0. The molecule has 0 aliphatic carbocycles. The third kappa shape index (κ3) is 2.59. The van der Waals surface area contributed by atoms with Crippen LogP contribution < -0.4 is 4.74 Å². The van der Waals surface area contributed by atoms with Gasteiger partial charge in [0.15, 0.2) is 10.7 Å². The van der Waals surface area contributed by atoms with E-state index in [-0.39, 0.29) is 22.2 Å². The van der Waals surface area contributed by atoms with Gasteiger partial charge in [-0.1, -0.05) is 11.6 Å². The fourth-order valence-corrected chi connectivity index (χ4v) is 1.99. The van der Waals surface area contributed by atoms with Crippen molar-refractivity contribution in [2.75, 3.05) is 0 Å². The Labute approximate surface area is 123 Å². The first-order valence-corrected chi connectivity index (χ1v) is 6.20. The molecule has 0 bridgehead atoms. The van der Waals surface area contributed by atoms with Gasteiger partial charge in [0.05, 0.1) is 22.7 Å². The van der Waals surface area contributed by atoms with Crippen molar-refractivity contribution < 1.29 is 9.66 Å². The normalized spacial score (nSPS) is 10.5. The van der Waals surface area contributed by atoms with Crippen LogP contribution in [0.2, 0.25) is 5.15 Å². The lowest BCUT2D eigenvalue weighted by Gasteiger charge is -2.07. The Kier molecular flexibility index (Phi) is 3.33. The summed E-state index contributed by atoms with van der Waals surface area (Å²) in [4.78, 5) is 22.4. The topological polar surface area (TPSA) is 91.0 Å². The summed E-state index contributed by atoms with van der Waals surface area (Å²) in [6.07, 6.45) is 4.26. The van der Waals surface area contributed by atoms with Crippen LogP contribution in [0.4, 0.5) is 5.69 Å². The first kappa shape index (κ1) is 13.2. The molecule has 2 heterocycles. The Balaban J connectivity index is 2.12. The maximum atomic E-state index is 11.0. The van der Waals surface area contributed by atoms with Gasteiger partial charge in [-0.2, -0.15) is 4.98 Å². The number of pyridine rings is 1. The molecule has 0 atom stereocenters. The summed E-state index contributed by atoms with van der Waals surface area (Å²) in [5.74, 6) is 0.585. The minimum atomic E-state index is -0.488. The fraction of sp³-hybridized carbons (Fsp3) is 0. The maximum Gasteiger partial charge on any atom is 0.295 e. The number of ether oxygens (including phenoxy) is 1. The van der Waals surface area contributed by atoms with Crippen molar-refractivity contribution in [1.29, 1.82) is 0 Å². The van der Waals surface area contributed by atoms with Crippen molar-refractivity contribution in [3.05, 3.63) is 58.1 Å². The van der Waals surface area contributed by atoms with E-state index >= 15 is 0 Å². The quantitative estimate of drug-likeness (QED) is 0.544. The number of aromatic nitrogens is 3. The van der Waals surface area contributed by atoms with E-state index in [0.29, 0.717) is 11.1 Å². The molecule has 0 saturated heterocycles. The summed E-state index contributed by atoms with van der Waals surface area (Å²) in [7, 11) is 0. The van der Waals surface area contributed by atoms with Crippen molar-refractivity contribution in [2.24, 2.45) is 0 Å². The van der Waals surface area contributed by atoms with Gasteiger partial charge in [-0.15, -0.1) is 0 Å². The Hall–Kier alpha value is -2.80. The zero-order chi connectivity index (χ0) is 14.8. The van der Waals surface area contributed by atoms with Crippen LogP contribution in [0, 0.1) is 10.1 Å². The third-order valence-electron chi connectivity index (χ3n) is 2.70. The van der Waals surface area contributed by atoms with E-state index in [4.69, 9.17) is 16.3 Å². The minimum absolute atomic E-state index is 0.0878. The van der Waals surface area contributed by atoms with Gasteiger partial charge < -0.3 is 4.74 Å². The molecule has 7 nitrogen and oxygen atoms in total. The zero-order valence-corrected chi connectivity index (χ0v) is 11.2. The Morgan fingerprint density at radius 3 is 2.86 bits per heavy atom. The SMILES string of the molecule is O=[N+]([O-])c1ccc(Oc2cncc(Cl)n2)c2cccnc12. The number of hydrogen-bond acceptors (Lipinski definition) is 6. The molecule has 0 N–H and O–H groups in total. The van der Waals surface area contributed by atoms with E-state index in [1.54, 1.807) is 12.1 Å². The van der Waals surface area contributed by atoms with Crippen molar-refractivity contribution in [2.45, 2.75) is 0 Å². The lowest BCUT2D eigenvalue weighted by Crippen LogP contribution is -1.95. The number of non-ortho nitro benzene ring substituents is 1. The number of benzene rings is 1. The minimum Gasteiger partial charge on any atom is -0.437 e. The number of fused-ring (bicyclic) bond motifs is 1. The van der Waals surface area contributed by atoms with Crippen molar-refractivity contribution in [1.82, 2.24) is 15.0 Å². The molecule has 2 aromatic heterocycles. The van der Waals surface area contributed by atoms with Crippen LogP contribution in [0.15, 0.2) is 42.9 Å². The average Bonchev–Trinajstić information content (AvgIpc) is 2.47. The molecule has 1 aromatic carbocycles. The number of rotatable bonds is 3. The number of nitrogens with zero attached hydrogens (tertiary/aromatic N) is 4. The molecule has 0 radical (unpaired) electrons. The number of nitro benzene ring substituents is 1. The summed E-state index contributed by atoms with van der Waals surface area (Å²) in [5, 5.41) is 11.7. The van der Waals surface area contributed by atoms with Crippen LogP contribution >= 0.6 is 11.6 Å². The van der Waals surface area contributed by atoms with Gasteiger partial charge in [0.2, 0.25) is 5.88 Å². The summed E-state index contributed by atoms with van der Waals surface area (Å²) < 4.78 is 5.59. The van der Waals surface area contributed by atoms with Crippen molar-refractivity contribution >= 4 is 28.2 Å². The second-order valence-corrected chi connectivity index (χ2v) is 4.41. The molecular formula is C13H7ClN4O3. The summed E-state index contributed by atoms with van der Waals surface area (Å²) >= 11 is 5.74. The van der Waals surface area contributed by atoms with Gasteiger partial charge in [-0.25, -0.2) is 4.98 Å². The Bertz CT molecular complexity index is 841. The highest BCUT2D eigenvalue weighted by molar-refractivity contribution is 6.29. The molecule has 21 heavy (non-hydrogen) atoms. The van der Waals surface area contributed by atoms with E-state index in [0.717, 1.165) is 0 Å². The first-order valence-electron chi connectivity index (χ1n) is 5.82. The van der Waals surface area contributed by atoms with Crippen LogP contribution in [0.25, 0.3) is 10.9 Å². The predicted molar refractivity (Wildman–Crippen MR) is 75.5 cm³/mol. The van der Waals surface area contributed by atoms with Crippen molar-refractivity contribution in [3.63, 3.8) is 0 Å². The van der Waals surface area contributed by atoms with E-state index in [9.17, 15) is 10.1 Å². The molecule has 3 rings (SSSR count). The molecule has 0 aliphatic rings. The van der Waals surface area contributed by atoms with E-state index in [2.05, 4.69) is 15.0 Å². The Morgan fingerprint density at radius 1 is 1.24 bits per heavy atom. The lowest BCUT2D eigenvalue weighted by molar-refractivity contribution is -0.383. The molecule has 8 heteroatoms. The summed E-state index contributed by atoms with van der Waals surface area (Å²) in [5.41, 5.74) is 0.158. The first-order chi connectivity index (χ1) is 10.1. The highest BCUT2D eigenvalue weighted by Crippen LogP contribution is 2.33. The van der Waals surface area contributed by atoms with E-state index in [1.807, 2.05) is 0 Å². The largest absolute Gasteiger partial charge is 0.437 e. The standard InChI is InChI=1S/C13H7ClN4O3/c14-11-6-15-7-12(17-11)21-10-4-3-9(18(19)20)13-8(10)2-1-5-16-13/h1-7H. The average molecular weight is 303 g/mol. The van der Waals surface area contributed by atoms with E-state index < -0.39 is 4.92 Å². The van der Waals surface area contributed by atoms with Gasteiger partial charge in [0.1, 0.15) is 5.75 Å². The molecule has 0 saturated carbocycles. The number of nitro groups is 1. The second-order valence-electron chi connectivity index (χ2n) is 4.02. The molecule has 0 aliphatic heterocycles. The zero-order valence-electron chi connectivity index (χ0n) is 10.4. The van der Waals surface area contributed by atoms with Crippen LogP contribution in [-0.4, -0.2) is 19.9 Å². The van der Waals surface area contributed by atoms with Crippen molar-refractivity contribution in [3.8, 4) is 11.6 Å². The highest BCUT2D eigenvalue weighted by atomic mass is 35.5. The molecular weight excluding hydrogens is 296 g/mol. The smallest absolute Gasteiger partial charge is 0.295 e. The van der Waals surface area contributed by atoms with Gasteiger partial charge in [-0.05, 0) is 18.2 Å². The van der Waals surface area contributed by atoms with Gasteiger partial charge >= 0.3 is 0 Å². The van der Waals surface area contributed by atoms with Crippen LogP contribution in [0.1, 0.15) is 0 Å². The number of halogens is 1. The summed E-state index contributed by atoms with van der Waals surface area (Å²) in [6, 6.07) is 6.18. The highest BCUT2D eigenvalue weighted by Gasteiger charge is 2.16. The molecule has 0 fully saturated rings. The molecule has 104 valence electrons. The predicted octanol–water partition coefficient (Wildman–Crippen LogP) is 3.38. The lowest BCUT2D eigenvalue weighted by atomic mass is 10.2. The van der Waals surface area contributed by atoms with Crippen LogP contribution in [0.3, 0.4) is 0 Å². The monoisotopic (exact) mass is 302 g/mol. The van der Waals surface area contributed by atoms with Gasteiger partial charge in [-0.3, -0.25) is 15.1 Å². The van der Waals surface area contributed by atoms with Crippen LogP contribution in [0.5, 0.6) is 11.6 Å². The second kappa shape index (κ2) is 5.29.